The number of nitrogens with one attached hydrogen (secondary N) is 2. The highest BCUT2D eigenvalue weighted by atomic mass is 19.4. The van der Waals surface area contributed by atoms with Crippen LogP contribution in [0.2, 0.25) is 0 Å². The molecule has 0 bridgehead atoms. The van der Waals surface area contributed by atoms with E-state index in [1.165, 1.54) is 35.2 Å². The number of carbonyl (C=O) groups is 2. The summed E-state index contributed by atoms with van der Waals surface area (Å²) < 4.78 is 45.2. The molecule has 0 aliphatic carbocycles. The number of rotatable bonds is 2. The van der Waals surface area contributed by atoms with Crippen molar-refractivity contribution >= 4 is 29.0 Å². The molecular formula is C22H16F3N3O3. The smallest absolute Gasteiger partial charge is 0.418 e. The molecule has 1 aliphatic heterocycles. The lowest BCUT2D eigenvalue weighted by molar-refractivity contribution is -0.136. The van der Waals surface area contributed by atoms with Gasteiger partial charge in [0.1, 0.15) is 5.75 Å². The molecule has 0 aromatic heterocycles. The van der Waals surface area contributed by atoms with Gasteiger partial charge in [0.15, 0.2) is 5.75 Å². The zero-order valence-electron chi connectivity index (χ0n) is 16.2. The van der Waals surface area contributed by atoms with Crippen LogP contribution in [0.5, 0.6) is 11.5 Å². The van der Waals surface area contributed by atoms with E-state index in [4.69, 9.17) is 4.74 Å². The largest absolute Gasteiger partial charge is 0.454 e. The van der Waals surface area contributed by atoms with Crippen LogP contribution in [0.1, 0.15) is 15.9 Å². The van der Waals surface area contributed by atoms with Crippen LogP contribution >= 0.6 is 0 Å². The number of urea groups is 1. The molecule has 0 saturated heterocycles. The van der Waals surface area contributed by atoms with Crippen LogP contribution in [0.15, 0.2) is 66.7 Å². The number of halogens is 3. The van der Waals surface area contributed by atoms with Crippen molar-refractivity contribution in [3.05, 3.63) is 77.9 Å². The van der Waals surface area contributed by atoms with Crippen molar-refractivity contribution < 1.29 is 27.5 Å². The molecule has 0 spiro atoms. The van der Waals surface area contributed by atoms with Crippen molar-refractivity contribution in [1.82, 2.24) is 0 Å². The minimum absolute atomic E-state index is 0.201. The number of alkyl halides is 3. The lowest BCUT2D eigenvalue weighted by Gasteiger charge is -2.16. The van der Waals surface area contributed by atoms with Crippen molar-refractivity contribution in [2.75, 3.05) is 22.6 Å². The van der Waals surface area contributed by atoms with Gasteiger partial charge in [-0.3, -0.25) is 4.79 Å². The number of amides is 3. The van der Waals surface area contributed by atoms with Gasteiger partial charge in [-0.15, -0.1) is 0 Å². The predicted molar refractivity (Wildman–Crippen MR) is 110 cm³/mol. The van der Waals surface area contributed by atoms with Gasteiger partial charge >= 0.3 is 12.2 Å². The first-order valence-corrected chi connectivity index (χ1v) is 9.17. The summed E-state index contributed by atoms with van der Waals surface area (Å²) in [4.78, 5) is 26.6. The summed E-state index contributed by atoms with van der Waals surface area (Å²) in [7, 11) is 1.60. The highest BCUT2D eigenvalue weighted by Crippen LogP contribution is 2.39. The van der Waals surface area contributed by atoms with E-state index in [1.54, 1.807) is 31.3 Å². The maximum Gasteiger partial charge on any atom is 0.418 e. The number of ether oxygens (including phenoxy) is 1. The molecule has 3 aromatic carbocycles. The second-order valence-electron chi connectivity index (χ2n) is 6.77. The molecule has 0 saturated carbocycles. The Morgan fingerprint density at radius 3 is 2.42 bits per heavy atom. The van der Waals surface area contributed by atoms with Gasteiger partial charge in [0.05, 0.1) is 22.5 Å². The maximum atomic E-state index is 13.1. The van der Waals surface area contributed by atoms with Gasteiger partial charge < -0.3 is 20.3 Å². The lowest BCUT2D eigenvalue weighted by Crippen LogP contribution is -2.25. The minimum Gasteiger partial charge on any atom is -0.454 e. The van der Waals surface area contributed by atoms with Crippen LogP contribution in [0, 0.1) is 0 Å². The average molecular weight is 427 g/mol. The van der Waals surface area contributed by atoms with Gasteiger partial charge in [-0.2, -0.15) is 13.2 Å². The van der Waals surface area contributed by atoms with Gasteiger partial charge in [0.2, 0.25) is 0 Å². The van der Waals surface area contributed by atoms with Crippen LogP contribution in [0.4, 0.5) is 35.0 Å². The predicted octanol–water partition coefficient (Wildman–Crippen LogP) is 5.73. The second-order valence-corrected chi connectivity index (χ2v) is 6.77. The fourth-order valence-electron chi connectivity index (χ4n) is 3.22. The van der Waals surface area contributed by atoms with E-state index in [1.807, 2.05) is 0 Å². The SMILES string of the molecule is CN1C(=O)c2cc(NC(=O)Nc3ccccc3C(F)(F)F)ccc2Oc2ccccc21. The van der Waals surface area contributed by atoms with E-state index in [0.29, 0.717) is 17.2 Å². The summed E-state index contributed by atoms with van der Waals surface area (Å²) in [6, 6.07) is 15.2. The Bertz CT molecular complexity index is 1180. The summed E-state index contributed by atoms with van der Waals surface area (Å²) in [5.74, 6) is 0.445. The van der Waals surface area contributed by atoms with Gasteiger partial charge in [-0.1, -0.05) is 24.3 Å². The molecule has 0 radical (unpaired) electrons. The summed E-state index contributed by atoms with van der Waals surface area (Å²) in [6.45, 7) is 0. The molecule has 0 unspecified atom stereocenters. The van der Waals surface area contributed by atoms with Crippen molar-refractivity contribution in [2.24, 2.45) is 0 Å². The summed E-state index contributed by atoms with van der Waals surface area (Å²) >= 11 is 0. The lowest BCUT2D eigenvalue weighted by atomic mass is 10.1. The molecule has 31 heavy (non-hydrogen) atoms. The van der Waals surface area contributed by atoms with Crippen molar-refractivity contribution in [3.8, 4) is 11.5 Å². The van der Waals surface area contributed by atoms with E-state index >= 15 is 0 Å². The molecule has 3 aromatic rings. The molecule has 9 heteroatoms. The second kappa shape index (κ2) is 7.67. The Morgan fingerprint density at radius 2 is 1.65 bits per heavy atom. The number of carbonyl (C=O) groups excluding carboxylic acids is 2. The quantitative estimate of drug-likeness (QED) is 0.549. The first-order chi connectivity index (χ1) is 14.7. The number of hydrogen-bond acceptors (Lipinski definition) is 3. The third kappa shape index (κ3) is 4.02. The summed E-state index contributed by atoms with van der Waals surface area (Å²) in [5.41, 5.74) is -0.337. The molecule has 0 atom stereocenters. The van der Waals surface area contributed by atoms with Crippen molar-refractivity contribution in [1.29, 1.82) is 0 Å². The Balaban J connectivity index is 1.57. The topological polar surface area (TPSA) is 70.7 Å². The van der Waals surface area contributed by atoms with Crippen LogP contribution < -0.4 is 20.3 Å². The number of anilines is 3. The highest BCUT2D eigenvalue weighted by molar-refractivity contribution is 6.10. The standard InChI is InChI=1S/C22H16F3N3O3/c1-28-17-8-4-5-9-19(17)31-18-11-10-13(12-14(18)20(28)29)26-21(30)27-16-7-3-2-6-15(16)22(23,24)25/h2-12H,1H3,(H2,26,27,30). The minimum atomic E-state index is -4.61. The first-order valence-electron chi connectivity index (χ1n) is 9.17. The molecule has 158 valence electrons. The van der Waals surface area contributed by atoms with Crippen LogP contribution in [0.25, 0.3) is 0 Å². The molecule has 6 nitrogen and oxygen atoms in total. The molecule has 2 N–H and O–H groups in total. The van der Waals surface area contributed by atoms with Gasteiger partial charge in [-0.05, 0) is 42.5 Å². The summed E-state index contributed by atoms with van der Waals surface area (Å²) in [6.07, 6.45) is -4.61. The molecule has 1 aliphatic rings. The average Bonchev–Trinajstić information content (AvgIpc) is 2.83. The van der Waals surface area contributed by atoms with Gasteiger partial charge in [-0.25, -0.2) is 4.79 Å². The zero-order valence-corrected chi connectivity index (χ0v) is 16.2. The maximum absolute atomic E-state index is 13.1. The Labute approximate surface area is 175 Å². The molecule has 3 amide bonds. The number of para-hydroxylation sites is 3. The molecular weight excluding hydrogens is 411 g/mol. The van der Waals surface area contributed by atoms with Gasteiger partial charge in [0.25, 0.3) is 5.91 Å². The summed E-state index contributed by atoms with van der Waals surface area (Å²) in [5, 5.41) is 4.65. The fraction of sp³-hybridized carbons (Fsp3) is 0.0909. The van der Waals surface area contributed by atoms with Crippen LogP contribution in [0.3, 0.4) is 0 Å². The van der Waals surface area contributed by atoms with E-state index in [-0.39, 0.29) is 22.8 Å². The highest BCUT2D eigenvalue weighted by Gasteiger charge is 2.33. The Hall–Kier alpha value is -4.01. The van der Waals surface area contributed by atoms with E-state index in [9.17, 15) is 22.8 Å². The molecule has 0 fully saturated rings. The Morgan fingerprint density at radius 1 is 0.935 bits per heavy atom. The van der Waals surface area contributed by atoms with Crippen LogP contribution in [-0.2, 0) is 6.18 Å². The van der Waals surface area contributed by atoms with Crippen LogP contribution in [-0.4, -0.2) is 19.0 Å². The van der Waals surface area contributed by atoms with E-state index < -0.39 is 17.8 Å². The van der Waals surface area contributed by atoms with E-state index in [2.05, 4.69) is 10.6 Å². The zero-order chi connectivity index (χ0) is 22.2. The number of hydrogen-bond donors (Lipinski definition) is 2. The Kier molecular flexibility index (Phi) is 5.02. The van der Waals surface area contributed by atoms with E-state index in [0.717, 1.165) is 12.1 Å². The van der Waals surface area contributed by atoms with Gasteiger partial charge in [0, 0.05) is 12.7 Å². The number of fused-ring (bicyclic) bond motifs is 2. The third-order valence-electron chi connectivity index (χ3n) is 4.70. The molecule has 1 heterocycles. The normalized spacial score (nSPS) is 12.9. The number of benzene rings is 3. The van der Waals surface area contributed by atoms with Crippen molar-refractivity contribution in [2.45, 2.75) is 6.18 Å². The fourth-order valence-corrected chi connectivity index (χ4v) is 3.22. The molecule has 4 rings (SSSR count). The van der Waals surface area contributed by atoms with Crippen molar-refractivity contribution in [3.63, 3.8) is 0 Å². The monoisotopic (exact) mass is 427 g/mol. The first kappa shape index (κ1) is 20.3. The third-order valence-corrected chi connectivity index (χ3v) is 4.70. The number of nitrogens with zero attached hydrogens (tertiary/aromatic N) is 1.